The van der Waals surface area contributed by atoms with Crippen LogP contribution in [-0.2, 0) is 14.4 Å². The van der Waals surface area contributed by atoms with E-state index in [9.17, 15) is 24.0 Å². The third-order valence-corrected chi connectivity index (χ3v) is 10.6. The molecule has 1 atom stereocenters. The molecule has 1 aromatic rings. The summed E-state index contributed by atoms with van der Waals surface area (Å²) >= 11 is 0. The predicted octanol–water partition coefficient (Wildman–Crippen LogP) is 1.02. The number of rotatable bonds is 9. The van der Waals surface area contributed by atoms with Crippen LogP contribution in [-0.4, -0.2) is 109 Å². The van der Waals surface area contributed by atoms with E-state index in [4.69, 9.17) is 16.2 Å². The number of benzene rings is 1. The van der Waals surface area contributed by atoms with Crippen LogP contribution in [0.3, 0.4) is 0 Å². The van der Waals surface area contributed by atoms with Crippen molar-refractivity contribution in [3.8, 4) is 5.75 Å². The van der Waals surface area contributed by atoms with Gasteiger partial charge in [0.05, 0.1) is 29.8 Å². The summed E-state index contributed by atoms with van der Waals surface area (Å²) in [4.78, 5) is 71.2. The molecule has 0 aromatic heterocycles. The summed E-state index contributed by atoms with van der Waals surface area (Å²) in [6.45, 7) is 5.86. The Labute approximate surface area is 286 Å². The van der Waals surface area contributed by atoms with Gasteiger partial charge >= 0.3 is 0 Å². The number of carbonyl (C=O) groups is 5. The molecule has 1 aliphatic carbocycles. The fourth-order valence-corrected chi connectivity index (χ4v) is 7.69. The Balaban J connectivity index is 0.987. The van der Waals surface area contributed by atoms with E-state index < -0.39 is 29.7 Å². The summed E-state index contributed by atoms with van der Waals surface area (Å²) < 4.78 is 5.56. The van der Waals surface area contributed by atoms with Gasteiger partial charge in [-0.15, -0.1) is 0 Å². The number of nitrogens with zero attached hydrogens (tertiary/aromatic N) is 4. The molecule has 0 spiro atoms. The molecule has 1 aromatic carbocycles. The molecule has 1 saturated carbocycles. The molecule has 0 radical (unpaired) electrons. The zero-order chi connectivity index (χ0) is 34.7. The number of carbonyl (C=O) groups excluding carboxylic acids is 5. The normalized spacial score (nSPS) is 23.5. The number of allylic oxidation sites excluding steroid dienone is 2. The second-order valence-corrected chi connectivity index (χ2v) is 13.8. The summed E-state index contributed by atoms with van der Waals surface area (Å²) in [5.74, 6) is -0.955. The van der Waals surface area contributed by atoms with E-state index in [1.165, 1.54) is 13.5 Å². The minimum Gasteiger partial charge on any atom is -0.496 e. The molecule has 49 heavy (non-hydrogen) atoms. The number of piperidine rings is 2. The first-order valence-electron chi connectivity index (χ1n) is 17.5. The lowest BCUT2D eigenvalue weighted by molar-refractivity contribution is -0.136. The number of likely N-dealkylation sites (tertiary alicyclic amines) is 1. The van der Waals surface area contributed by atoms with Gasteiger partial charge in [-0.05, 0) is 56.2 Å². The van der Waals surface area contributed by atoms with Crippen LogP contribution in [0.25, 0.3) is 0 Å². The van der Waals surface area contributed by atoms with Gasteiger partial charge < -0.3 is 31.3 Å². The third kappa shape index (κ3) is 7.53. The molecule has 5 amide bonds. The molecule has 6 rings (SSSR count). The molecular formula is C35H48N8O6. The first-order chi connectivity index (χ1) is 23.6. The van der Waals surface area contributed by atoms with Crippen LogP contribution in [0.2, 0.25) is 0 Å². The van der Waals surface area contributed by atoms with Crippen LogP contribution in [0, 0.1) is 5.92 Å². The van der Waals surface area contributed by atoms with Crippen molar-refractivity contribution in [2.24, 2.45) is 17.4 Å². The number of ether oxygens (including phenoxy) is 1. The first kappa shape index (κ1) is 34.3. The highest BCUT2D eigenvalue weighted by molar-refractivity contribution is 6.25. The lowest BCUT2D eigenvalue weighted by atomic mass is 9.95. The van der Waals surface area contributed by atoms with Gasteiger partial charge in [0.15, 0.2) is 0 Å². The van der Waals surface area contributed by atoms with Gasteiger partial charge in [0, 0.05) is 70.0 Å². The van der Waals surface area contributed by atoms with E-state index >= 15 is 0 Å². The van der Waals surface area contributed by atoms with E-state index in [2.05, 4.69) is 25.3 Å². The van der Waals surface area contributed by atoms with Crippen molar-refractivity contribution < 1.29 is 28.7 Å². The zero-order valence-corrected chi connectivity index (χ0v) is 28.2. The SMILES string of the molecule is COc1cc(N2CCN(CC3CCN(/C(N)=C/C=C(\N)C(=O)NC4CCCCC4)CC3)CC2)cc2c1C(=O)N(C1CCC(=O)NC1=O)C2=O. The van der Waals surface area contributed by atoms with Crippen molar-refractivity contribution in [1.29, 1.82) is 0 Å². The van der Waals surface area contributed by atoms with Crippen molar-refractivity contribution in [1.82, 2.24) is 25.3 Å². The number of imide groups is 2. The van der Waals surface area contributed by atoms with Crippen LogP contribution >= 0.6 is 0 Å². The van der Waals surface area contributed by atoms with Crippen LogP contribution in [0.15, 0.2) is 35.8 Å². The fraction of sp³-hybridized carbons (Fsp3) is 0.571. The number of methoxy groups -OCH3 is 1. The van der Waals surface area contributed by atoms with Crippen molar-refractivity contribution in [3.05, 3.63) is 46.9 Å². The first-order valence-corrected chi connectivity index (χ1v) is 17.5. The molecule has 264 valence electrons. The number of fused-ring (bicyclic) bond motifs is 1. The third-order valence-electron chi connectivity index (χ3n) is 10.6. The van der Waals surface area contributed by atoms with Gasteiger partial charge in [0.25, 0.3) is 17.7 Å². The maximum absolute atomic E-state index is 13.5. The molecule has 4 fully saturated rings. The largest absolute Gasteiger partial charge is 0.496 e. The molecule has 3 saturated heterocycles. The molecule has 4 aliphatic heterocycles. The highest BCUT2D eigenvalue weighted by atomic mass is 16.5. The minimum atomic E-state index is -1.03. The lowest BCUT2D eigenvalue weighted by Crippen LogP contribution is -2.54. The second kappa shape index (κ2) is 14.9. The Morgan fingerprint density at radius 1 is 0.918 bits per heavy atom. The molecule has 5 aliphatic rings. The number of hydrogen-bond donors (Lipinski definition) is 4. The zero-order valence-electron chi connectivity index (χ0n) is 28.2. The van der Waals surface area contributed by atoms with Crippen molar-refractivity contribution >= 4 is 35.2 Å². The van der Waals surface area contributed by atoms with E-state index in [0.29, 0.717) is 17.5 Å². The monoisotopic (exact) mass is 676 g/mol. The standard InChI is InChI=1S/C35H48N8O6/c1-49-28-20-24(19-25-31(28)35(48)43(34(25)47)27-8-10-30(44)39-33(27)46)41-17-15-40(16-18-41)21-22-11-13-42(14-12-22)29(37)9-7-26(36)32(45)38-23-5-3-2-4-6-23/h7,9,19-20,22-23,27H,2-6,8,10-18,21,36-37H2,1H3,(H,38,45)(H,39,44,46)/b26-7-,29-9+. The molecule has 0 bridgehead atoms. The van der Waals surface area contributed by atoms with Crippen LogP contribution < -0.4 is 31.7 Å². The number of hydrogen-bond acceptors (Lipinski definition) is 11. The van der Waals surface area contributed by atoms with Gasteiger partial charge in [-0.1, -0.05) is 19.3 Å². The Kier molecular flexibility index (Phi) is 10.4. The molecule has 4 heterocycles. The molecule has 14 heteroatoms. The van der Waals surface area contributed by atoms with Crippen molar-refractivity contribution in [2.45, 2.75) is 69.9 Å². The molecule has 14 nitrogen and oxygen atoms in total. The van der Waals surface area contributed by atoms with Crippen LogP contribution in [0.5, 0.6) is 5.75 Å². The number of nitrogens with one attached hydrogen (secondary N) is 2. The quantitative estimate of drug-likeness (QED) is 0.166. The Morgan fingerprint density at radius 2 is 1.63 bits per heavy atom. The topological polar surface area (TPSA) is 184 Å². The summed E-state index contributed by atoms with van der Waals surface area (Å²) in [5.41, 5.74) is 13.7. The molecule has 6 N–H and O–H groups in total. The smallest absolute Gasteiger partial charge is 0.267 e. The van der Waals surface area contributed by atoms with Crippen LogP contribution in [0.1, 0.15) is 78.5 Å². The van der Waals surface area contributed by atoms with E-state index in [1.807, 2.05) is 0 Å². The Hall–Kier alpha value is -4.59. The maximum Gasteiger partial charge on any atom is 0.267 e. The van der Waals surface area contributed by atoms with Crippen LogP contribution in [0.4, 0.5) is 5.69 Å². The Morgan fingerprint density at radius 3 is 2.31 bits per heavy atom. The van der Waals surface area contributed by atoms with Gasteiger partial charge in [-0.25, -0.2) is 0 Å². The summed E-state index contributed by atoms with van der Waals surface area (Å²) in [5, 5.41) is 5.27. The van der Waals surface area contributed by atoms with Crippen molar-refractivity contribution in [3.63, 3.8) is 0 Å². The van der Waals surface area contributed by atoms with Crippen molar-refractivity contribution in [2.75, 3.05) is 57.8 Å². The fourth-order valence-electron chi connectivity index (χ4n) is 7.69. The summed E-state index contributed by atoms with van der Waals surface area (Å²) in [6, 6.07) is 2.68. The number of piperazine rings is 1. The number of anilines is 1. The van der Waals surface area contributed by atoms with Gasteiger partial charge in [-0.2, -0.15) is 0 Å². The number of nitrogens with two attached hydrogens (primary N) is 2. The summed E-state index contributed by atoms with van der Waals surface area (Å²) in [7, 11) is 1.46. The predicted molar refractivity (Wildman–Crippen MR) is 182 cm³/mol. The molecule has 1 unspecified atom stereocenters. The van der Waals surface area contributed by atoms with E-state index in [-0.39, 0.29) is 41.6 Å². The van der Waals surface area contributed by atoms with E-state index in [1.54, 1.807) is 24.3 Å². The van der Waals surface area contributed by atoms with Gasteiger partial charge in [0.2, 0.25) is 11.8 Å². The number of amides is 5. The van der Waals surface area contributed by atoms with E-state index in [0.717, 1.165) is 94.9 Å². The van der Waals surface area contributed by atoms with Gasteiger partial charge in [-0.3, -0.25) is 39.1 Å². The van der Waals surface area contributed by atoms with Gasteiger partial charge in [0.1, 0.15) is 11.8 Å². The maximum atomic E-state index is 13.5. The molecular weight excluding hydrogens is 628 g/mol. The summed E-state index contributed by atoms with van der Waals surface area (Å²) in [6.07, 6.45) is 11.0. The highest BCUT2D eigenvalue weighted by Gasteiger charge is 2.46. The lowest BCUT2D eigenvalue weighted by Gasteiger charge is -2.40. The Bertz CT molecular complexity index is 1540. The average molecular weight is 677 g/mol. The second-order valence-electron chi connectivity index (χ2n) is 13.8. The average Bonchev–Trinajstić information content (AvgIpc) is 3.36. The highest BCUT2D eigenvalue weighted by Crippen LogP contribution is 2.37. The minimum absolute atomic E-state index is 0.0649.